The van der Waals surface area contributed by atoms with Crippen molar-refractivity contribution in [3.05, 3.63) is 60.2 Å². The number of imide groups is 1. The standard InChI is InChI=1S/C23H28N4O5/c1-23(17-10-12-18(31-3)13-11-17)21(29)27(22(30)24-23)25-20(28)16-26(2)14-7-15-32-19-8-5-4-6-9-19/h4-6,8-13H,7,14-16H2,1-3H3,(H,24,30)(H,25,28). The van der Waals surface area contributed by atoms with Gasteiger partial charge in [0.05, 0.1) is 20.3 Å². The fourth-order valence-electron chi connectivity index (χ4n) is 3.39. The van der Waals surface area contributed by atoms with E-state index in [2.05, 4.69) is 10.7 Å². The molecule has 1 heterocycles. The fraction of sp³-hybridized carbons (Fsp3) is 0.348. The molecule has 2 N–H and O–H groups in total. The van der Waals surface area contributed by atoms with Crippen LogP contribution in [0.2, 0.25) is 0 Å². The molecule has 1 saturated heterocycles. The number of hydrazine groups is 1. The lowest BCUT2D eigenvalue weighted by atomic mass is 9.92. The molecular formula is C23H28N4O5. The van der Waals surface area contributed by atoms with Gasteiger partial charge in [-0.2, -0.15) is 5.01 Å². The van der Waals surface area contributed by atoms with E-state index < -0.39 is 23.4 Å². The topological polar surface area (TPSA) is 100 Å². The number of benzene rings is 2. The van der Waals surface area contributed by atoms with Crippen molar-refractivity contribution in [3.63, 3.8) is 0 Å². The lowest BCUT2D eigenvalue weighted by molar-refractivity contribution is -0.139. The molecule has 2 aromatic rings. The van der Waals surface area contributed by atoms with E-state index >= 15 is 0 Å². The molecule has 0 aliphatic carbocycles. The van der Waals surface area contributed by atoms with Crippen molar-refractivity contribution >= 4 is 17.8 Å². The summed E-state index contributed by atoms with van der Waals surface area (Å²) in [6.45, 7) is 2.76. The van der Waals surface area contributed by atoms with E-state index in [4.69, 9.17) is 9.47 Å². The van der Waals surface area contributed by atoms with Crippen LogP contribution < -0.4 is 20.2 Å². The van der Waals surface area contributed by atoms with Gasteiger partial charge in [-0.1, -0.05) is 30.3 Å². The number of carbonyl (C=O) groups is 3. The van der Waals surface area contributed by atoms with Crippen LogP contribution in [-0.4, -0.2) is 61.6 Å². The number of nitrogens with one attached hydrogen (secondary N) is 2. The summed E-state index contributed by atoms with van der Waals surface area (Å²) in [4.78, 5) is 39.5. The van der Waals surface area contributed by atoms with Crippen LogP contribution >= 0.6 is 0 Å². The van der Waals surface area contributed by atoms with Gasteiger partial charge in [0.15, 0.2) is 0 Å². The highest BCUT2D eigenvalue weighted by Gasteiger charge is 2.50. The zero-order valence-corrected chi connectivity index (χ0v) is 18.5. The van der Waals surface area contributed by atoms with Crippen LogP contribution in [0.4, 0.5) is 4.79 Å². The first-order chi connectivity index (χ1) is 15.3. The molecular weight excluding hydrogens is 412 g/mol. The van der Waals surface area contributed by atoms with Crippen LogP contribution in [0, 0.1) is 0 Å². The number of urea groups is 1. The average molecular weight is 441 g/mol. The molecule has 9 nitrogen and oxygen atoms in total. The Morgan fingerprint density at radius 2 is 1.78 bits per heavy atom. The smallest absolute Gasteiger partial charge is 0.344 e. The summed E-state index contributed by atoms with van der Waals surface area (Å²) in [7, 11) is 3.33. The number of nitrogens with zero attached hydrogens (tertiary/aromatic N) is 2. The number of carbonyl (C=O) groups excluding carboxylic acids is 3. The summed E-state index contributed by atoms with van der Waals surface area (Å²) in [6.07, 6.45) is 0.720. The second kappa shape index (κ2) is 10.1. The molecule has 0 radical (unpaired) electrons. The Bertz CT molecular complexity index is 951. The third kappa shape index (κ3) is 5.36. The molecule has 0 saturated carbocycles. The Kier molecular flexibility index (Phi) is 7.32. The highest BCUT2D eigenvalue weighted by atomic mass is 16.5. The summed E-state index contributed by atoms with van der Waals surface area (Å²) >= 11 is 0. The normalized spacial score (nSPS) is 17.9. The van der Waals surface area contributed by atoms with Crippen molar-refractivity contribution in [1.29, 1.82) is 0 Å². The lowest BCUT2D eigenvalue weighted by Crippen LogP contribution is -2.50. The third-order valence-corrected chi connectivity index (χ3v) is 5.20. The maximum atomic E-state index is 12.9. The number of amides is 4. The summed E-state index contributed by atoms with van der Waals surface area (Å²) in [5, 5.41) is 3.39. The van der Waals surface area contributed by atoms with Gasteiger partial charge < -0.3 is 14.8 Å². The van der Waals surface area contributed by atoms with Crippen molar-refractivity contribution in [2.75, 3.05) is 33.9 Å². The van der Waals surface area contributed by atoms with Crippen molar-refractivity contribution in [3.8, 4) is 11.5 Å². The van der Waals surface area contributed by atoms with Crippen LogP contribution in [0.1, 0.15) is 18.9 Å². The Labute approximate surface area is 187 Å². The van der Waals surface area contributed by atoms with E-state index in [0.717, 1.165) is 17.2 Å². The molecule has 4 amide bonds. The summed E-state index contributed by atoms with van der Waals surface area (Å²) in [5.41, 5.74) is 1.71. The van der Waals surface area contributed by atoms with Crippen LogP contribution in [0.3, 0.4) is 0 Å². The maximum Gasteiger partial charge on any atom is 0.344 e. The number of para-hydroxylation sites is 1. The number of ether oxygens (including phenoxy) is 2. The van der Waals surface area contributed by atoms with Gasteiger partial charge in [0, 0.05) is 6.54 Å². The minimum atomic E-state index is -1.28. The van der Waals surface area contributed by atoms with Crippen LogP contribution in [0.25, 0.3) is 0 Å². The molecule has 9 heteroatoms. The number of rotatable bonds is 10. The van der Waals surface area contributed by atoms with Crippen LogP contribution in [0.5, 0.6) is 11.5 Å². The molecule has 32 heavy (non-hydrogen) atoms. The van der Waals surface area contributed by atoms with Gasteiger partial charge in [0.25, 0.3) is 11.8 Å². The number of likely N-dealkylation sites (N-methyl/N-ethyl adjacent to an activating group) is 1. The van der Waals surface area contributed by atoms with E-state index in [1.165, 1.54) is 0 Å². The van der Waals surface area contributed by atoms with Gasteiger partial charge in [-0.15, -0.1) is 0 Å². The van der Waals surface area contributed by atoms with Gasteiger partial charge in [-0.05, 0) is 50.2 Å². The predicted molar refractivity (Wildman–Crippen MR) is 118 cm³/mol. The zero-order valence-electron chi connectivity index (χ0n) is 18.5. The van der Waals surface area contributed by atoms with E-state index in [1.807, 2.05) is 30.3 Å². The summed E-state index contributed by atoms with van der Waals surface area (Å²) in [6, 6.07) is 15.6. The van der Waals surface area contributed by atoms with E-state index in [9.17, 15) is 14.4 Å². The predicted octanol–water partition coefficient (Wildman–Crippen LogP) is 1.89. The van der Waals surface area contributed by atoms with Gasteiger partial charge in [0.2, 0.25) is 0 Å². The van der Waals surface area contributed by atoms with Gasteiger partial charge in [0.1, 0.15) is 17.0 Å². The SMILES string of the molecule is COc1ccc(C2(C)NC(=O)N(NC(=O)CN(C)CCCOc3ccccc3)C2=O)cc1. The first-order valence-electron chi connectivity index (χ1n) is 10.3. The monoisotopic (exact) mass is 440 g/mol. The second-order valence-electron chi connectivity index (χ2n) is 7.71. The van der Waals surface area contributed by atoms with Crippen molar-refractivity contribution in [2.24, 2.45) is 0 Å². The first-order valence-corrected chi connectivity index (χ1v) is 10.3. The minimum absolute atomic E-state index is 0.0294. The van der Waals surface area contributed by atoms with Gasteiger partial charge in [-0.3, -0.25) is 19.9 Å². The largest absolute Gasteiger partial charge is 0.497 e. The van der Waals surface area contributed by atoms with Gasteiger partial charge >= 0.3 is 6.03 Å². The minimum Gasteiger partial charge on any atom is -0.497 e. The molecule has 1 unspecified atom stereocenters. The van der Waals surface area contributed by atoms with Crippen LogP contribution in [-0.2, 0) is 15.1 Å². The van der Waals surface area contributed by atoms with E-state index in [-0.39, 0.29) is 6.54 Å². The maximum absolute atomic E-state index is 12.9. The molecule has 1 fully saturated rings. The molecule has 1 atom stereocenters. The first kappa shape index (κ1) is 23.1. The molecule has 3 rings (SSSR count). The van der Waals surface area contributed by atoms with Crippen molar-refractivity contribution < 1.29 is 23.9 Å². The zero-order chi connectivity index (χ0) is 23.1. The second-order valence-corrected chi connectivity index (χ2v) is 7.71. The number of hydrogen-bond donors (Lipinski definition) is 2. The van der Waals surface area contributed by atoms with Crippen molar-refractivity contribution in [1.82, 2.24) is 20.7 Å². The Hall–Kier alpha value is -3.59. The molecule has 1 aliphatic heterocycles. The molecule has 2 aromatic carbocycles. The van der Waals surface area contributed by atoms with Gasteiger partial charge in [-0.25, -0.2) is 4.79 Å². The molecule has 1 aliphatic rings. The lowest BCUT2D eigenvalue weighted by Gasteiger charge is -2.23. The third-order valence-electron chi connectivity index (χ3n) is 5.20. The molecule has 0 spiro atoms. The highest BCUT2D eigenvalue weighted by molar-refractivity contribution is 6.08. The average Bonchev–Trinajstić information content (AvgIpc) is 3.01. The highest BCUT2D eigenvalue weighted by Crippen LogP contribution is 2.29. The Balaban J connectivity index is 1.48. The summed E-state index contributed by atoms with van der Waals surface area (Å²) < 4.78 is 10.8. The quantitative estimate of drug-likeness (QED) is 0.432. The Morgan fingerprint density at radius 1 is 1.09 bits per heavy atom. The van der Waals surface area contributed by atoms with E-state index in [0.29, 0.717) is 24.5 Å². The van der Waals surface area contributed by atoms with Crippen molar-refractivity contribution in [2.45, 2.75) is 18.9 Å². The molecule has 0 aromatic heterocycles. The van der Waals surface area contributed by atoms with E-state index in [1.54, 1.807) is 50.2 Å². The molecule has 0 bridgehead atoms. The fourth-order valence-corrected chi connectivity index (χ4v) is 3.39. The molecule has 170 valence electrons. The Morgan fingerprint density at radius 3 is 2.44 bits per heavy atom. The van der Waals surface area contributed by atoms with Crippen LogP contribution in [0.15, 0.2) is 54.6 Å². The number of hydrogen-bond acceptors (Lipinski definition) is 6. The number of methoxy groups -OCH3 is 1. The summed E-state index contributed by atoms with van der Waals surface area (Å²) in [5.74, 6) is 0.418.